The van der Waals surface area contributed by atoms with Crippen molar-refractivity contribution in [3.63, 3.8) is 0 Å². The van der Waals surface area contributed by atoms with Gasteiger partial charge >= 0.3 is 0 Å². The fourth-order valence-electron chi connectivity index (χ4n) is 6.90. The highest BCUT2D eigenvalue weighted by Crippen LogP contribution is 2.51. The number of thiophene rings is 1. The Morgan fingerprint density at radius 3 is 1.89 bits per heavy atom. The highest BCUT2D eigenvalue weighted by atomic mass is 32.1. The first-order valence-corrected chi connectivity index (χ1v) is 15.9. The molecule has 0 amide bonds. The number of fused-ring (bicyclic) bond motifs is 9. The highest BCUT2D eigenvalue weighted by molar-refractivity contribution is 7.26. The summed E-state index contributed by atoms with van der Waals surface area (Å²) in [4.78, 5) is 7.75. The van der Waals surface area contributed by atoms with E-state index in [0.717, 1.165) is 45.3 Å². The molecule has 0 unspecified atom stereocenters. The van der Waals surface area contributed by atoms with Crippen molar-refractivity contribution in [1.82, 2.24) is 4.98 Å². The molecule has 0 atom stereocenters. The van der Waals surface area contributed by atoms with Crippen LogP contribution in [0.3, 0.4) is 0 Å². The van der Waals surface area contributed by atoms with Crippen LogP contribution in [0.5, 0.6) is 11.5 Å². The van der Waals surface area contributed by atoms with Crippen LogP contribution >= 0.6 is 11.3 Å². The van der Waals surface area contributed by atoms with Crippen molar-refractivity contribution in [3.8, 4) is 22.8 Å². The predicted octanol–water partition coefficient (Wildman–Crippen LogP) is 12.2. The maximum atomic E-state index is 6.37. The standard InChI is InChI=1S/C41H24N2OS/c1-2-10-26-21-29(18-17-25(26)9-1)41-30-19-20-37-40(32-22-27-11-3-4-12-28(27)23-38(32)45-37)31(30)24-39(42-41)43-33-13-5-7-15-35(33)44-36-16-8-6-14-34(36)43/h1-24H. The van der Waals surface area contributed by atoms with Crippen LogP contribution in [-0.2, 0) is 0 Å². The molecule has 0 spiro atoms. The molecule has 0 saturated carbocycles. The molecule has 0 aliphatic carbocycles. The van der Waals surface area contributed by atoms with E-state index in [1.165, 1.54) is 47.1 Å². The Labute approximate surface area is 263 Å². The third-order valence-corrected chi connectivity index (χ3v) is 10.1. The second-order valence-electron chi connectivity index (χ2n) is 11.6. The van der Waals surface area contributed by atoms with Gasteiger partial charge in [-0.05, 0) is 81.5 Å². The van der Waals surface area contributed by atoms with E-state index >= 15 is 0 Å². The molecular weight excluding hydrogens is 569 g/mol. The zero-order chi connectivity index (χ0) is 29.5. The van der Waals surface area contributed by atoms with E-state index in [1.54, 1.807) is 0 Å². The van der Waals surface area contributed by atoms with Crippen molar-refractivity contribution in [2.24, 2.45) is 0 Å². The molecule has 0 bridgehead atoms. The second-order valence-corrected chi connectivity index (χ2v) is 12.7. The zero-order valence-corrected chi connectivity index (χ0v) is 24.9. The van der Waals surface area contributed by atoms with Gasteiger partial charge < -0.3 is 4.74 Å². The van der Waals surface area contributed by atoms with Crippen LogP contribution in [-0.4, -0.2) is 4.98 Å². The van der Waals surface area contributed by atoms with Crippen LogP contribution in [0.25, 0.3) is 63.7 Å². The lowest BCUT2D eigenvalue weighted by Gasteiger charge is -2.32. The monoisotopic (exact) mass is 592 g/mol. The number of anilines is 3. The molecule has 9 aromatic rings. The van der Waals surface area contributed by atoms with Crippen LogP contribution in [0.1, 0.15) is 0 Å². The number of nitrogens with zero attached hydrogens (tertiary/aromatic N) is 2. The summed E-state index contributed by atoms with van der Waals surface area (Å²) in [5.74, 6) is 2.49. The van der Waals surface area contributed by atoms with Crippen molar-refractivity contribution in [1.29, 1.82) is 0 Å². The van der Waals surface area contributed by atoms with Gasteiger partial charge in [0.2, 0.25) is 0 Å². The molecule has 0 radical (unpaired) electrons. The summed E-state index contributed by atoms with van der Waals surface area (Å²) >= 11 is 1.86. The van der Waals surface area contributed by atoms with E-state index in [-0.39, 0.29) is 0 Å². The van der Waals surface area contributed by atoms with E-state index in [9.17, 15) is 0 Å². The van der Waals surface area contributed by atoms with E-state index < -0.39 is 0 Å². The summed E-state index contributed by atoms with van der Waals surface area (Å²) in [6.07, 6.45) is 0. The molecule has 3 heterocycles. The lowest BCUT2D eigenvalue weighted by atomic mass is 9.97. The smallest absolute Gasteiger partial charge is 0.151 e. The molecule has 0 fully saturated rings. The molecule has 45 heavy (non-hydrogen) atoms. The molecule has 7 aromatic carbocycles. The molecule has 0 saturated heterocycles. The summed E-state index contributed by atoms with van der Waals surface area (Å²) in [7, 11) is 0. The van der Waals surface area contributed by atoms with Gasteiger partial charge in [0.25, 0.3) is 0 Å². The third-order valence-electron chi connectivity index (χ3n) is 8.98. The normalized spacial score (nSPS) is 12.6. The number of benzene rings is 7. The second kappa shape index (κ2) is 9.39. The summed E-state index contributed by atoms with van der Waals surface area (Å²) in [6, 6.07) is 51.8. The van der Waals surface area contributed by atoms with Gasteiger partial charge in [-0.2, -0.15) is 0 Å². The quantitative estimate of drug-likeness (QED) is 0.200. The molecule has 0 N–H and O–H groups in total. The van der Waals surface area contributed by atoms with Crippen LogP contribution in [0.4, 0.5) is 17.2 Å². The van der Waals surface area contributed by atoms with Crippen molar-refractivity contribution >= 4 is 81.0 Å². The zero-order valence-electron chi connectivity index (χ0n) is 24.1. The summed E-state index contributed by atoms with van der Waals surface area (Å²) in [5.41, 5.74) is 4.01. The van der Waals surface area contributed by atoms with Gasteiger partial charge in [-0.1, -0.05) is 91.0 Å². The number of aromatic nitrogens is 1. The van der Waals surface area contributed by atoms with Crippen molar-refractivity contribution in [3.05, 3.63) is 146 Å². The maximum Gasteiger partial charge on any atom is 0.151 e. The highest BCUT2D eigenvalue weighted by Gasteiger charge is 2.27. The van der Waals surface area contributed by atoms with Gasteiger partial charge in [-0.3, -0.25) is 4.90 Å². The summed E-state index contributed by atoms with van der Waals surface area (Å²) < 4.78 is 8.94. The SMILES string of the molecule is c1ccc2c(c1)Oc1ccccc1N2c1cc2c(ccc3sc4cc5ccccc5cc4c32)c(-c2ccc3ccccc3c2)n1. The fraction of sp³-hybridized carbons (Fsp3) is 0. The molecule has 3 nitrogen and oxygen atoms in total. The van der Waals surface area contributed by atoms with Gasteiger partial charge in [-0.15, -0.1) is 11.3 Å². The average Bonchev–Trinajstić information content (AvgIpc) is 3.46. The van der Waals surface area contributed by atoms with Crippen LogP contribution in [0, 0.1) is 0 Å². The Kier molecular flexibility index (Phi) is 5.16. The van der Waals surface area contributed by atoms with Crippen molar-refractivity contribution < 1.29 is 4.74 Å². The van der Waals surface area contributed by atoms with Crippen LogP contribution < -0.4 is 9.64 Å². The minimum atomic E-state index is 0.816. The molecule has 10 rings (SSSR count). The van der Waals surface area contributed by atoms with Gasteiger partial charge in [0.1, 0.15) is 5.82 Å². The first-order chi connectivity index (χ1) is 22.3. The minimum absolute atomic E-state index is 0.816. The van der Waals surface area contributed by atoms with E-state index in [0.29, 0.717) is 0 Å². The Morgan fingerprint density at radius 1 is 0.489 bits per heavy atom. The Hall–Kier alpha value is -5.71. The molecule has 4 heteroatoms. The van der Waals surface area contributed by atoms with Gasteiger partial charge in [-0.25, -0.2) is 4.98 Å². The predicted molar refractivity (Wildman–Crippen MR) is 190 cm³/mol. The van der Waals surface area contributed by atoms with Gasteiger partial charge in [0.05, 0.1) is 17.1 Å². The number of rotatable bonds is 2. The largest absolute Gasteiger partial charge is 0.453 e. The number of hydrogen-bond acceptors (Lipinski definition) is 4. The average molecular weight is 593 g/mol. The topological polar surface area (TPSA) is 25.4 Å². The van der Waals surface area contributed by atoms with E-state index in [2.05, 4.69) is 126 Å². The summed E-state index contributed by atoms with van der Waals surface area (Å²) in [6.45, 7) is 0. The molecule has 210 valence electrons. The minimum Gasteiger partial charge on any atom is -0.453 e. The van der Waals surface area contributed by atoms with E-state index in [1.807, 2.05) is 35.6 Å². The number of para-hydroxylation sites is 4. The molecular formula is C41H24N2OS. The van der Waals surface area contributed by atoms with Gasteiger partial charge in [0.15, 0.2) is 11.5 Å². The summed E-state index contributed by atoms with van der Waals surface area (Å²) in [5, 5.41) is 9.83. The molecule has 1 aliphatic rings. The molecule has 1 aliphatic heterocycles. The first-order valence-electron chi connectivity index (χ1n) is 15.1. The van der Waals surface area contributed by atoms with E-state index in [4.69, 9.17) is 9.72 Å². The Bertz CT molecular complexity index is 2610. The Balaban J connectivity index is 1.34. The molecule has 2 aromatic heterocycles. The number of hydrogen-bond donors (Lipinski definition) is 0. The number of pyridine rings is 1. The van der Waals surface area contributed by atoms with Crippen LogP contribution in [0.2, 0.25) is 0 Å². The lowest BCUT2D eigenvalue weighted by molar-refractivity contribution is 0.476. The first kappa shape index (κ1) is 24.7. The lowest BCUT2D eigenvalue weighted by Crippen LogP contribution is -2.17. The number of ether oxygens (including phenoxy) is 1. The van der Waals surface area contributed by atoms with Crippen molar-refractivity contribution in [2.75, 3.05) is 4.90 Å². The maximum absolute atomic E-state index is 6.37. The fourth-order valence-corrected chi connectivity index (χ4v) is 8.05. The van der Waals surface area contributed by atoms with Crippen molar-refractivity contribution in [2.45, 2.75) is 0 Å². The van der Waals surface area contributed by atoms with Crippen LogP contribution in [0.15, 0.2) is 146 Å². The van der Waals surface area contributed by atoms with Gasteiger partial charge in [0, 0.05) is 31.1 Å². The Morgan fingerprint density at radius 2 is 1.13 bits per heavy atom. The third kappa shape index (κ3) is 3.73.